The number of hydrogen-bond acceptors (Lipinski definition) is 4. The average Bonchev–Trinajstić information content (AvgIpc) is 2.51. The zero-order valence-electron chi connectivity index (χ0n) is 13.2. The highest BCUT2D eigenvalue weighted by Gasteiger charge is 2.31. The first-order valence-corrected chi connectivity index (χ1v) is 9.49. The monoisotopic (exact) mass is 364 g/mol. The molecule has 1 saturated heterocycles. The maximum atomic E-state index is 12.7. The Hall–Kier alpha value is -1.61. The number of nitrogens with zero attached hydrogens (tertiary/aromatic N) is 2. The largest absolute Gasteiger partial charge is 0.416 e. The molecule has 0 aliphatic carbocycles. The van der Waals surface area contributed by atoms with Crippen LogP contribution >= 0.6 is 0 Å². The Morgan fingerprint density at radius 1 is 1.17 bits per heavy atom. The van der Waals surface area contributed by atoms with E-state index in [4.69, 9.17) is 0 Å². The number of amides is 1. The first-order valence-electron chi connectivity index (χ1n) is 7.43. The Morgan fingerprint density at radius 3 is 2.33 bits per heavy atom. The van der Waals surface area contributed by atoms with E-state index in [1.807, 2.05) is 4.90 Å². The highest BCUT2D eigenvalue weighted by Crippen LogP contribution is 2.29. The van der Waals surface area contributed by atoms with Gasteiger partial charge in [0.15, 0.2) is 0 Å². The van der Waals surface area contributed by atoms with Gasteiger partial charge in [0, 0.05) is 44.5 Å². The molecule has 1 amide bonds. The number of rotatable bonds is 4. The lowest BCUT2D eigenvalue weighted by Gasteiger charge is -2.34. The molecule has 24 heavy (non-hydrogen) atoms. The molecule has 1 aromatic carbocycles. The van der Waals surface area contributed by atoms with Gasteiger partial charge in [-0.1, -0.05) is 6.07 Å². The van der Waals surface area contributed by atoms with Gasteiger partial charge in [-0.15, -0.1) is 0 Å². The summed E-state index contributed by atoms with van der Waals surface area (Å²) in [5.74, 6) is -0.391. The average molecular weight is 364 g/mol. The molecular weight excluding hydrogens is 345 g/mol. The van der Waals surface area contributed by atoms with Gasteiger partial charge in [0.1, 0.15) is 9.84 Å². The molecule has 1 aromatic rings. The fourth-order valence-corrected chi connectivity index (χ4v) is 3.07. The standard InChI is InChI=1S/C15H19F3N2O3S/c1-24(22,23)10-9-19-5-7-20(8-6-19)14(21)12-3-2-4-13(11-12)15(16,17)18/h2-4,11H,5-10H2,1H3. The summed E-state index contributed by atoms with van der Waals surface area (Å²) in [7, 11) is -3.04. The summed E-state index contributed by atoms with van der Waals surface area (Å²) in [5.41, 5.74) is -0.838. The van der Waals surface area contributed by atoms with Crippen LogP contribution < -0.4 is 0 Å². The fraction of sp³-hybridized carbons (Fsp3) is 0.533. The molecule has 5 nitrogen and oxygen atoms in total. The number of sulfone groups is 1. The van der Waals surface area contributed by atoms with Crippen LogP contribution in [0.5, 0.6) is 0 Å². The van der Waals surface area contributed by atoms with Crippen LogP contribution in [0.2, 0.25) is 0 Å². The Morgan fingerprint density at radius 2 is 1.79 bits per heavy atom. The van der Waals surface area contributed by atoms with E-state index < -0.39 is 27.5 Å². The van der Waals surface area contributed by atoms with Crippen molar-refractivity contribution in [1.82, 2.24) is 9.80 Å². The molecule has 0 radical (unpaired) electrons. The number of piperazine rings is 1. The van der Waals surface area contributed by atoms with E-state index >= 15 is 0 Å². The Labute approximate surface area is 139 Å². The molecule has 0 atom stereocenters. The Kier molecular flexibility index (Phi) is 5.54. The molecule has 0 unspecified atom stereocenters. The molecule has 0 bridgehead atoms. The molecule has 134 valence electrons. The van der Waals surface area contributed by atoms with Crippen molar-refractivity contribution in [2.45, 2.75) is 6.18 Å². The van der Waals surface area contributed by atoms with Crippen LogP contribution in [0.25, 0.3) is 0 Å². The van der Waals surface area contributed by atoms with Crippen LogP contribution in [0.3, 0.4) is 0 Å². The van der Waals surface area contributed by atoms with E-state index in [2.05, 4.69) is 0 Å². The van der Waals surface area contributed by atoms with Crippen LogP contribution in [-0.2, 0) is 16.0 Å². The van der Waals surface area contributed by atoms with E-state index in [-0.39, 0.29) is 11.3 Å². The second kappa shape index (κ2) is 7.10. The topological polar surface area (TPSA) is 57.7 Å². The molecule has 1 aliphatic rings. The van der Waals surface area contributed by atoms with Crippen LogP contribution in [-0.4, -0.2) is 68.9 Å². The van der Waals surface area contributed by atoms with Crippen molar-refractivity contribution < 1.29 is 26.4 Å². The van der Waals surface area contributed by atoms with Gasteiger partial charge in [-0.3, -0.25) is 9.69 Å². The number of halogens is 3. The van der Waals surface area contributed by atoms with Crippen molar-refractivity contribution in [3.8, 4) is 0 Å². The van der Waals surface area contributed by atoms with Gasteiger partial charge in [-0.2, -0.15) is 13.2 Å². The van der Waals surface area contributed by atoms with Gasteiger partial charge in [0.05, 0.1) is 11.3 Å². The number of hydrogen-bond donors (Lipinski definition) is 0. The number of carbonyl (C=O) groups is 1. The quantitative estimate of drug-likeness (QED) is 0.813. The summed E-state index contributed by atoms with van der Waals surface area (Å²) >= 11 is 0. The summed E-state index contributed by atoms with van der Waals surface area (Å²) < 4.78 is 60.5. The van der Waals surface area contributed by atoms with E-state index in [0.717, 1.165) is 12.1 Å². The summed E-state index contributed by atoms with van der Waals surface area (Å²) in [6, 6.07) is 4.38. The fourth-order valence-electron chi connectivity index (χ4n) is 2.48. The molecule has 0 saturated carbocycles. The van der Waals surface area contributed by atoms with E-state index in [1.54, 1.807) is 0 Å². The molecular formula is C15H19F3N2O3S. The smallest absolute Gasteiger partial charge is 0.336 e. The van der Waals surface area contributed by atoms with Crippen molar-refractivity contribution in [2.75, 3.05) is 44.7 Å². The van der Waals surface area contributed by atoms with Gasteiger partial charge in [-0.25, -0.2) is 8.42 Å². The van der Waals surface area contributed by atoms with Crippen LogP contribution in [0.15, 0.2) is 24.3 Å². The predicted molar refractivity (Wildman–Crippen MR) is 83.5 cm³/mol. The molecule has 1 fully saturated rings. The predicted octanol–water partition coefficient (Wildman–Crippen LogP) is 1.51. The summed E-state index contributed by atoms with van der Waals surface area (Å²) in [6.07, 6.45) is -3.32. The SMILES string of the molecule is CS(=O)(=O)CCN1CCN(C(=O)c2cccc(C(F)(F)F)c2)CC1. The summed E-state index contributed by atoms with van der Waals surface area (Å²) in [6.45, 7) is 2.11. The summed E-state index contributed by atoms with van der Waals surface area (Å²) in [4.78, 5) is 15.8. The zero-order valence-corrected chi connectivity index (χ0v) is 14.0. The zero-order chi connectivity index (χ0) is 18.0. The van der Waals surface area contributed by atoms with E-state index in [0.29, 0.717) is 32.7 Å². The Balaban J connectivity index is 1.96. The van der Waals surface area contributed by atoms with Crippen molar-refractivity contribution in [3.63, 3.8) is 0 Å². The number of carbonyl (C=O) groups excluding carboxylic acids is 1. The van der Waals surface area contributed by atoms with Crippen molar-refractivity contribution in [3.05, 3.63) is 35.4 Å². The maximum absolute atomic E-state index is 12.7. The second-order valence-electron chi connectivity index (χ2n) is 5.84. The lowest BCUT2D eigenvalue weighted by Crippen LogP contribution is -2.49. The minimum absolute atomic E-state index is 0.00871. The molecule has 0 aromatic heterocycles. The van der Waals surface area contributed by atoms with Crippen molar-refractivity contribution in [2.24, 2.45) is 0 Å². The van der Waals surface area contributed by atoms with Crippen LogP contribution in [0.1, 0.15) is 15.9 Å². The van der Waals surface area contributed by atoms with Gasteiger partial charge in [0.25, 0.3) is 5.91 Å². The Bertz CT molecular complexity index is 696. The molecule has 9 heteroatoms. The third-order valence-corrected chi connectivity index (χ3v) is 4.80. The first-order chi connectivity index (χ1) is 11.1. The minimum atomic E-state index is -4.49. The molecule has 1 aliphatic heterocycles. The molecule has 0 N–H and O–H groups in total. The highest BCUT2D eigenvalue weighted by molar-refractivity contribution is 7.90. The van der Waals surface area contributed by atoms with E-state index in [9.17, 15) is 26.4 Å². The van der Waals surface area contributed by atoms with Crippen LogP contribution in [0, 0.1) is 0 Å². The van der Waals surface area contributed by atoms with Gasteiger partial charge in [0.2, 0.25) is 0 Å². The minimum Gasteiger partial charge on any atom is -0.336 e. The van der Waals surface area contributed by atoms with Crippen LogP contribution in [0.4, 0.5) is 13.2 Å². The van der Waals surface area contributed by atoms with Gasteiger partial charge < -0.3 is 4.90 Å². The molecule has 0 spiro atoms. The van der Waals surface area contributed by atoms with Crippen molar-refractivity contribution in [1.29, 1.82) is 0 Å². The van der Waals surface area contributed by atoms with Crippen molar-refractivity contribution >= 4 is 15.7 Å². The van der Waals surface area contributed by atoms with Gasteiger partial charge in [-0.05, 0) is 18.2 Å². The molecule has 1 heterocycles. The summed E-state index contributed by atoms with van der Waals surface area (Å²) in [5, 5.41) is 0. The normalized spacial score (nSPS) is 17.1. The molecule has 2 rings (SSSR count). The maximum Gasteiger partial charge on any atom is 0.416 e. The lowest BCUT2D eigenvalue weighted by atomic mass is 10.1. The first kappa shape index (κ1) is 18.7. The third-order valence-electron chi connectivity index (χ3n) is 3.87. The number of alkyl halides is 3. The highest BCUT2D eigenvalue weighted by atomic mass is 32.2. The van der Waals surface area contributed by atoms with E-state index in [1.165, 1.54) is 23.3 Å². The lowest BCUT2D eigenvalue weighted by molar-refractivity contribution is -0.137. The second-order valence-corrected chi connectivity index (χ2v) is 8.10. The van der Waals surface area contributed by atoms with Gasteiger partial charge >= 0.3 is 6.18 Å². The number of benzene rings is 1. The third kappa shape index (κ3) is 5.20.